The molecule has 0 aliphatic rings. The second-order valence-electron chi connectivity index (χ2n) is 7.14. The first-order valence-electron chi connectivity index (χ1n) is 9.83. The van der Waals surface area contributed by atoms with Crippen LogP contribution in [0, 0.1) is 5.82 Å². The fourth-order valence-electron chi connectivity index (χ4n) is 3.38. The maximum atomic E-state index is 14.5. The Morgan fingerprint density at radius 2 is 1.74 bits per heavy atom. The van der Waals surface area contributed by atoms with Crippen LogP contribution in [0.5, 0.6) is 11.5 Å². The van der Waals surface area contributed by atoms with E-state index in [4.69, 9.17) is 38.4 Å². The van der Waals surface area contributed by atoms with Gasteiger partial charge in [-0.15, -0.1) is 0 Å². The quantitative estimate of drug-likeness (QED) is 0.444. The van der Waals surface area contributed by atoms with Crippen LogP contribution in [0.4, 0.5) is 10.1 Å². The van der Waals surface area contributed by atoms with E-state index in [1.54, 1.807) is 0 Å². The van der Waals surface area contributed by atoms with E-state index in [0.29, 0.717) is 11.3 Å². The fraction of sp³-hybridized carbons (Fsp3) is 0.174. The number of amides is 1. The lowest BCUT2D eigenvalue weighted by Gasteiger charge is -2.26. The number of rotatable bonds is 9. The summed E-state index contributed by atoms with van der Waals surface area (Å²) in [4.78, 5) is 11.7. The van der Waals surface area contributed by atoms with Gasteiger partial charge in [0.25, 0.3) is 10.0 Å². The molecule has 0 unspecified atom stereocenters. The Hall–Kier alpha value is -3.01. The average molecular weight is 527 g/mol. The summed E-state index contributed by atoms with van der Waals surface area (Å²) in [6, 6.07) is 12.6. The lowest BCUT2D eigenvalue weighted by molar-refractivity contribution is -0.116. The number of methoxy groups -OCH3 is 2. The Morgan fingerprint density at radius 1 is 1.03 bits per heavy atom. The van der Waals surface area contributed by atoms with E-state index >= 15 is 0 Å². The van der Waals surface area contributed by atoms with Crippen LogP contribution in [0.15, 0.2) is 59.5 Å². The molecule has 0 saturated carbocycles. The molecule has 0 fully saturated rings. The van der Waals surface area contributed by atoms with E-state index in [2.05, 4.69) is 0 Å². The minimum absolute atomic E-state index is 0.0852. The van der Waals surface area contributed by atoms with Crippen molar-refractivity contribution in [3.05, 3.63) is 81.6 Å². The molecule has 0 aromatic heterocycles. The molecule has 0 spiro atoms. The topological polar surface area (TPSA) is 98.9 Å². The van der Waals surface area contributed by atoms with E-state index in [-0.39, 0.29) is 38.4 Å². The van der Waals surface area contributed by atoms with Gasteiger partial charge in [0.1, 0.15) is 12.4 Å². The number of nitrogens with two attached hydrogens (primary N) is 1. The van der Waals surface area contributed by atoms with Crippen molar-refractivity contribution in [1.29, 1.82) is 0 Å². The number of ether oxygens (including phenoxy) is 2. The average Bonchev–Trinajstić information content (AvgIpc) is 2.79. The molecular formula is C23H21Cl2FN2O5S. The van der Waals surface area contributed by atoms with Crippen LogP contribution >= 0.6 is 23.2 Å². The predicted octanol–water partition coefficient (Wildman–Crippen LogP) is 4.42. The van der Waals surface area contributed by atoms with Gasteiger partial charge in [0.2, 0.25) is 5.91 Å². The van der Waals surface area contributed by atoms with Gasteiger partial charge in [-0.1, -0.05) is 29.3 Å². The second kappa shape index (κ2) is 10.5. The Morgan fingerprint density at radius 3 is 2.35 bits per heavy atom. The zero-order chi connectivity index (χ0) is 25.0. The molecule has 0 bridgehead atoms. The molecule has 3 aromatic rings. The van der Waals surface area contributed by atoms with E-state index < -0.39 is 28.3 Å². The van der Waals surface area contributed by atoms with Gasteiger partial charge in [-0.25, -0.2) is 12.8 Å². The van der Waals surface area contributed by atoms with Crippen LogP contribution in [0.3, 0.4) is 0 Å². The number of halogens is 3. The van der Waals surface area contributed by atoms with Crippen molar-refractivity contribution in [2.45, 2.75) is 11.3 Å². The molecule has 0 aliphatic carbocycles. The molecule has 0 aliphatic heterocycles. The zero-order valence-corrected chi connectivity index (χ0v) is 20.5. The van der Waals surface area contributed by atoms with Crippen molar-refractivity contribution < 1.29 is 27.1 Å². The molecule has 3 aromatic carbocycles. The van der Waals surface area contributed by atoms with Crippen LogP contribution in [0.2, 0.25) is 10.0 Å². The number of anilines is 1. The standard InChI is InChI=1S/C23H21Cl2FN2O5S/c1-32-21-9-7-16(12-22(21)33-2)34(30,31)28(13-23(27)29)20-8-6-15(24)10-14(20)11-17-18(25)4-3-5-19(17)26/h3-10,12H,11,13H2,1-2H3,(H2,27,29). The summed E-state index contributed by atoms with van der Waals surface area (Å²) in [6.45, 7) is -0.670. The third-order valence-corrected chi connectivity index (χ3v) is 7.33. The Kier molecular flexibility index (Phi) is 7.91. The Labute approximate surface area is 206 Å². The summed E-state index contributed by atoms with van der Waals surface area (Å²) < 4.78 is 53.0. The van der Waals surface area contributed by atoms with Crippen LogP contribution < -0.4 is 19.5 Å². The van der Waals surface area contributed by atoms with Crippen LogP contribution in [0.25, 0.3) is 0 Å². The van der Waals surface area contributed by atoms with Gasteiger partial charge >= 0.3 is 0 Å². The van der Waals surface area contributed by atoms with Gasteiger partial charge in [0, 0.05) is 28.1 Å². The Balaban J connectivity index is 2.18. The maximum absolute atomic E-state index is 14.5. The first-order chi connectivity index (χ1) is 16.1. The number of hydrogen-bond donors (Lipinski definition) is 1. The molecule has 3 rings (SSSR count). The molecule has 7 nitrogen and oxygen atoms in total. The second-order valence-corrected chi connectivity index (χ2v) is 9.85. The highest BCUT2D eigenvalue weighted by Crippen LogP contribution is 2.35. The summed E-state index contributed by atoms with van der Waals surface area (Å²) in [7, 11) is -1.55. The Bertz CT molecular complexity index is 1310. The summed E-state index contributed by atoms with van der Waals surface area (Å²) >= 11 is 12.3. The van der Waals surface area contributed by atoms with Crippen molar-refractivity contribution in [2.75, 3.05) is 25.1 Å². The molecule has 0 heterocycles. The molecule has 1 amide bonds. The maximum Gasteiger partial charge on any atom is 0.264 e. The third kappa shape index (κ3) is 5.38. The predicted molar refractivity (Wildman–Crippen MR) is 129 cm³/mol. The van der Waals surface area contributed by atoms with E-state index in [1.807, 2.05) is 0 Å². The largest absolute Gasteiger partial charge is 0.493 e. The first kappa shape index (κ1) is 25.6. The first-order valence-corrected chi connectivity index (χ1v) is 12.0. The van der Waals surface area contributed by atoms with Crippen LogP contribution in [-0.2, 0) is 21.2 Å². The summed E-state index contributed by atoms with van der Waals surface area (Å²) in [5, 5.41) is 0.448. The molecule has 0 radical (unpaired) electrons. The fourth-order valence-corrected chi connectivity index (χ4v) is 5.29. The highest BCUT2D eigenvalue weighted by molar-refractivity contribution is 7.92. The van der Waals surface area contributed by atoms with Crippen LogP contribution in [-0.4, -0.2) is 35.1 Å². The van der Waals surface area contributed by atoms with Crippen LogP contribution in [0.1, 0.15) is 11.1 Å². The van der Waals surface area contributed by atoms with Gasteiger partial charge in [-0.2, -0.15) is 0 Å². The number of carbonyl (C=O) groups excluding carboxylic acids is 1. The molecule has 34 heavy (non-hydrogen) atoms. The molecule has 0 saturated heterocycles. The zero-order valence-electron chi connectivity index (χ0n) is 18.2. The van der Waals surface area contributed by atoms with Crippen molar-refractivity contribution >= 4 is 44.8 Å². The number of carbonyl (C=O) groups is 1. The minimum atomic E-state index is -4.33. The van der Waals surface area contributed by atoms with Crippen molar-refractivity contribution in [2.24, 2.45) is 5.73 Å². The molecule has 2 N–H and O–H groups in total. The van der Waals surface area contributed by atoms with Gasteiger partial charge in [-0.05, 0) is 48.0 Å². The number of primary amides is 1. The number of nitrogens with zero attached hydrogens (tertiary/aromatic N) is 1. The SMILES string of the molecule is COc1ccc(S(=O)(=O)N(CC(N)=O)c2ccc(Cl)cc2Cc2c(F)cccc2Cl)cc1OC. The minimum Gasteiger partial charge on any atom is -0.493 e. The number of sulfonamides is 1. The molecule has 11 heteroatoms. The van der Waals surface area contributed by atoms with Gasteiger partial charge in [-0.3, -0.25) is 9.10 Å². The van der Waals surface area contributed by atoms with E-state index in [1.165, 1.54) is 68.8 Å². The van der Waals surface area contributed by atoms with E-state index in [0.717, 1.165) is 4.31 Å². The van der Waals surface area contributed by atoms with E-state index in [9.17, 15) is 17.6 Å². The van der Waals surface area contributed by atoms with Crippen molar-refractivity contribution in [3.8, 4) is 11.5 Å². The smallest absolute Gasteiger partial charge is 0.264 e. The number of benzene rings is 3. The lowest BCUT2D eigenvalue weighted by Crippen LogP contribution is -2.39. The molecule has 0 atom stereocenters. The van der Waals surface area contributed by atoms with Crippen molar-refractivity contribution in [3.63, 3.8) is 0 Å². The summed E-state index contributed by atoms with van der Waals surface area (Å²) in [5.74, 6) is -0.960. The lowest BCUT2D eigenvalue weighted by atomic mass is 10.0. The molecular weight excluding hydrogens is 506 g/mol. The molecule has 180 valence electrons. The highest BCUT2D eigenvalue weighted by Gasteiger charge is 2.30. The van der Waals surface area contributed by atoms with Gasteiger partial charge in [0.05, 0.1) is 24.8 Å². The monoisotopic (exact) mass is 526 g/mol. The highest BCUT2D eigenvalue weighted by atomic mass is 35.5. The summed E-state index contributed by atoms with van der Waals surface area (Å²) in [5.41, 5.74) is 5.96. The summed E-state index contributed by atoms with van der Waals surface area (Å²) in [6.07, 6.45) is -0.0852. The van der Waals surface area contributed by atoms with Gasteiger partial charge < -0.3 is 15.2 Å². The third-order valence-electron chi connectivity index (χ3n) is 4.98. The normalized spacial score (nSPS) is 11.2. The number of hydrogen-bond acceptors (Lipinski definition) is 5. The van der Waals surface area contributed by atoms with Crippen molar-refractivity contribution in [1.82, 2.24) is 0 Å². The van der Waals surface area contributed by atoms with Gasteiger partial charge in [0.15, 0.2) is 11.5 Å².